The molecule has 3 heterocycles. The van der Waals surface area contributed by atoms with Gasteiger partial charge in [-0.1, -0.05) is 6.92 Å². The highest BCUT2D eigenvalue weighted by Gasteiger charge is 2.22. The molecule has 4 nitrogen and oxygen atoms in total. The molecule has 0 atom stereocenters. The van der Waals surface area contributed by atoms with Crippen LogP contribution in [0.3, 0.4) is 0 Å². The molecule has 0 aromatic carbocycles. The lowest BCUT2D eigenvalue weighted by Gasteiger charge is -2.32. The number of hydrogen-bond acceptors (Lipinski definition) is 5. The minimum absolute atomic E-state index is 0.284. The molecule has 1 aliphatic heterocycles. The smallest absolute Gasteiger partial charge is 0.225 e. The van der Waals surface area contributed by atoms with E-state index in [1.807, 2.05) is 0 Å². The number of fused-ring (bicyclic) bond motifs is 1. The summed E-state index contributed by atoms with van der Waals surface area (Å²) in [6, 6.07) is 2.18. The predicted molar refractivity (Wildman–Crippen MR) is 83.8 cm³/mol. The summed E-state index contributed by atoms with van der Waals surface area (Å²) in [5.74, 6) is 1.38. The van der Waals surface area contributed by atoms with Crippen molar-refractivity contribution in [3.05, 3.63) is 16.2 Å². The maximum atomic E-state index is 9.24. The Kier molecular flexibility index (Phi) is 4.10. The number of piperidine rings is 1. The highest BCUT2D eigenvalue weighted by Crippen LogP contribution is 2.34. The van der Waals surface area contributed by atoms with Gasteiger partial charge in [0.15, 0.2) is 0 Å². The topological polar surface area (TPSA) is 49.2 Å². The number of aliphatic hydroxyl groups is 1. The van der Waals surface area contributed by atoms with Gasteiger partial charge in [-0.05, 0) is 42.8 Å². The first-order valence-corrected chi connectivity index (χ1v) is 8.22. The minimum atomic E-state index is 0.284. The molecule has 0 bridgehead atoms. The predicted octanol–water partition coefficient (Wildman–Crippen LogP) is 3.12. The summed E-state index contributed by atoms with van der Waals surface area (Å²) >= 11 is 7.76. The number of halogens is 1. The second kappa shape index (κ2) is 5.84. The molecule has 0 aliphatic carbocycles. The van der Waals surface area contributed by atoms with E-state index in [9.17, 15) is 5.11 Å². The normalized spacial score (nSPS) is 17.1. The number of anilines is 1. The van der Waals surface area contributed by atoms with Gasteiger partial charge in [0.25, 0.3) is 0 Å². The molecule has 6 heteroatoms. The van der Waals surface area contributed by atoms with E-state index in [4.69, 9.17) is 11.6 Å². The molecule has 20 heavy (non-hydrogen) atoms. The monoisotopic (exact) mass is 311 g/mol. The van der Waals surface area contributed by atoms with Crippen LogP contribution in [0.25, 0.3) is 10.2 Å². The summed E-state index contributed by atoms with van der Waals surface area (Å²) in [5.41, 5.74) is 0. The van der Waals surface area contributed by atoms with Gasteiger partial charge in [-0.2, -0.15) is 4.98 Å². The van der Waals surface area contributed by atoms with Gasteiger partial charge in [-0.25, -0.2) is 4.98 Å². The Morgan fingerprint density at radius 3 is 2.80 bits per heavy atom. The van der Waals surface area contributed by atoms with Crippen molar-refractivity contribution >= 4 is 39.0 Å². The van der Waals surface area contributed by atoms with E-state index < -0.39 is 0 Å². The van der Waals surface area contributed by atoms with Crippen molar-refractivity contribution in [2.75, 3.05) is 24.6 Å². The Bertz CT molecular complexity index is 608. The van der Waals surface area contributed by atoms with Gasteiger partial charge in [0.1, 0.15) is 10.6 Å². The Labute approximate surface area is 127 Å². The number of thiophene rings is 1. The van der Waals surface area contributed by atoms with E-state index in [2.05, 4.69) is 27.9 Å². The second-order valence-electron chi connectivity index (χ2n) is 5.21. The largest absolute Gasteiger partial charge is 0.396 e. The third-order valence-corrected chi connectivity index (χ3v) is 5.26. The molecule has 108 valence electrons. The van der Waals surface area contributed by atoms with E-state index in [0.29, 0.717) is 11.2 Å². The Balaban J connectivity index is 1.96. The van der Waals surface area contributed by atoms with Gasteiger partial charge in [0.05, 0.1) is 5.39 Å². The quantitative estimate of drug-likeness (QED) is 0.885. The molecule has 2 aromatic heterocycles. The summed E-state index contributed by atoms with van der Waals surface area (Å²) < 4.78 is 0. The van der Waals surface area contributed by atoms with Crippen LogP contribution >= 0.6 is 22.9 Å². The maximum absolute atomic E-state index is 9.24. The lowest BCUT2D eigenvalue weighted by molar-refractivity contribution is 0.203. The summed E-state index contributed by atoms with van der Waals surface area (Å²) in [6.07, 6.45) is 3.01. The van der Waals surface area contributed by atoms with Crippen molar-refractivity contribution in [1.29, 1.82) is 0 Å². The number of aromatic nitrogens is 2. The van der Waals surface area contributed by atoms with Gasteiger partial charge >= 0.3 is 0 Å². The van der Waals surface area contributed by atoms with Crippen LogP contribution in [-0.2, 0) is 6.42 Å². The number of rotatable bonds is 3. The molecule has 2 aromatic rings. The average Bonchev–Trinajstić information content (AvgIpc) is 2.89. The minimum Gasteiger partial charge on any atom is -0.396 e. The zero-order valence-corrected chi connectivity index (χ0v) is 13.0. The van der Waals surface area contributed by atoms with Crippen LogP contribution in [-0.4, -0.2) is 34.8 Å². The zero-order chi connectivity index (χ0) is 14.1. The molecule has 3 rings (SSSR count). The van der Waals surface area contributed by atoms with Crippen molar-refractivity contribution < 1.29 is 5.11 Å². The number of nitrogens with zero attached hydrogens (tertiary/aromatic N) is 3. The summed E-state index contributed by atoms with van der Waals surface area (Å²) in [6.45, 7) is 4.27. The van der Waals surface area contributed by atoms with E-state index in [0.717, 1.165) is 48.4 Å². The molecule has 0 amide bonds. The molecule has 1 aliphatic rings. The Hall–Kier alpha value is -0.910. The van der Waals surface area contributed by atoms with E-state index >= 15 is 0 Å². The molecule has 1 N–H and O–H groups in total. The van der Waals surface area contributed by atoms with E-state index in [1.54, 1.807) is 11.3 Å². The lowest BCUT2D eigenvalue weighted by atomic mass is 9.98. The first kappa shape index (κ1) is 14.0. The number of aliphatic hydroxyl groups excluding tert-OH is 1. The van der Waals surface area contributed by atoms with E-state index in [1.165, 1.54) is 4.88 Å². The van der Waals surface area contributed by atoms with Crippen molar-refractivity contribution in [1.82, 2.24) is 9.97 Å². The zero-order valence-electron chi connectivity index (χ0n) is 11.5. The fourth-order valence-electron chi connectivity index (χ4n) is 2.67. The lowest BCUT2D eigenvalue weighted by Crippen LogP contribution is -2.35. The molecular weight excluding hydrogens is 294 g/mol. The standard InChI is InChI=1S/C14H18ClN3OS/c1-2-10-7-11-12(16-14(15)17-13(11)20-10)18-5-3-9(8-19)4-6-18/h7,9,19H,2-6,8H2,1H3. The molecule has 1 saturated heterocycles. The molecule has 0 spiro atoms. The first-order valence-electron chi connectivity index (χ1n) is 7.03. The molecule has 0 unspecified atom stereocenters. The van der Waals surface area contributed by atoms with Crippen LogP contribution in [0.4, 0.5) is 5.82 Å². The summed E-state index contributed by atoms with van der Waals surface area (Å²) in [5, 5.41) is 10.7. The Morgan fingerprint density at radius 2 is 2.15 bits per heavy atom. The van der Waals surface area contributed by atoms with Gasteiger partial charge in [0.2, 0.25) is 5.28 Å². The molecule has 0 radical (unpaired) electrons. The van der Waals surface area contributed by atoms with Crippen LogP contribution in [0.5, 0.6) is 0 Å². The van der Waals surface area contributed by atoms with Crippen molar-refractivity contribution in [3.8, 4) is 0 Å². The molecule has 1 fully saturated rings. The van der Waals surface area contributed by atoms with Gasteiger partial charge in [-0.15, -0.1) is 11.3 Å². The van der Waals surface area contributed by atoms with Gasteiger partial charge in [-0.3, -0.25) is 0 Å². The number of aryl methyl sites for hydroxylation is 1. The van der Waals surface area contributed by atoms with Crippen molar-refractivity contribution in [2.24, 2.45) is 5.92 Å². The number of hydrogen-bond donors (Lipinski definition) is 1. The van der Waals surface area contributed by atoms with Crippen molar-refractivity contribution in [3.63, 3.8) is 0 Å². The molecular formula is C14H18ClN3OS. The Morgan fingerprint density at radius 1 is 1.40 bits per heavy atom. The van der Waals surface area contributed by atoms with Crippen molar-refractivity contribution in [2.45, 2.75) is 26.2 Å². The molecule has 0 saturated carbocycles. The van der Waals surface area contributed by atoms with Crippen LogP contribution in [0.15, 0.2) is 6.07 Å². The average molecular weight is 312 g/mol. The van der Waals surface area contributed by atoms with E-state index in [-0.39, 0.29) is 6.61 Å². The highest BCUT2D eigenvalue weighted by molar-refractivity contribution is 7.18. The maximum Gasteiger partial charge on any atom is 0.225 e. The van der Waals surface area contributed by atoms with Crippen LogP contribution in [0.2, 0.25) is 5.28 Å². The third-order valence-electron chi connectivity index (χ3n) is 3.92. The third kappa shape index (κ3) is 2.62. The first-order chi connectivity index (χ1) is 9.71. The van der Waals surface area contributed by atoms with Gasteiger partial charge < -0.3 is 10.0 Å². The highest BCUT2D eigenvalue weighted by atomic mass is 35.5. The fourth-order valence-corrected chi connectivity index (χ4v) is 3.85. The van der Waals surface area contributed by atoms with Crippen LogP contribution in [0, 0.1) is 5.92 Å². The SMILES string of the molecule is CCc1cc2c(N3CCC(CO)CC3)nc(Cl)nc2s1. The van der Waals surface area contributed by atoms with Crippen LogP contribution < -0.4 is 4.90 Å². The second-order valence-corrected chi connectivity index (χ2v) is 6.67. The summed E-state index contributed by atoms with van der Waals surface area (Å²) in [4.78, 5) is 13.3. The summed E-state index contributed by atoms with van der Waals surface area (Å²) in [7, 11) is 0. The van der Waals surface area contributed by atoms with Gasteiger partial charge in [0, 0.05) is 24.6 Å². The van der Waals surface area contributed by atoms with Crippen LogP contribution in [0.1, 0.15) is 24.6 Å². The fraction of sp³-hybridized carbons (Fsp3) is 0.571.